The fourth-order valence-corrected chi connectivity index (χ4v) is 3.20. The van der Waals surface area contributed by atoms with Crippen LogP contribution in [-0.2, 0) is 16.0 Å². The molecule has 1 aromatic heterocycles. The van der Waals surface area contributed by atoms with Crippen LogP contribution in [0.3, 0.4) is 0 Å². The SMILES string of the molecule is CCCCOC(=O)COc1cc2oc(=O)cc(-c3ccccc3)c2cc1CCC. The van der Waals surface area contributed by atoms with E-state index in [4.69, 9.17) is 13.9 Å². The lowest BCUT2D eigenvalue weighted by Gasteiger charge is -2.14. The van der Waals surface area contributed by atoms with Gasteiger partial charge >= 0.3 is 11.6 Å². The highest BCUT2D eigenvalue weighted by atomic mass is 16.6. The summed E-state index contributed by atoms with van der Waals surface area (Å²) in [5, 5.41) is 0.845. The number of benzene rings is 2. The second-order valence-electron chi connectivity index (χ2n) is 6.91. The summed E-state index contributed by atoms with van der Waals surface area (Å²) < 4.78 is 16.3. The van der Waals surface area contributed by atoms with Gasteiger partial charge < -0.3 is 13.9 Å². The third-order valence-electron chi connectivity index (χ3n) is 4.64. The molecule has 0 fully saturated rings. The van der Waals surface area contributed by atoms with Crippen LogP contribution in [0.25, 0.3) is 22.1 Å². The fourth-order valence-electron chi connectivity index (χ4n) is 3.20. The number of aryl methyl sites for hydroxylation is 1. The average Bonchev–Trinajstić information content (AvgIpc) is 2.73. The zero-order valence-corrected chi connectivity index (χ0v) is 16.9. The molecule has 0 unspecified atom stereocenters. The van der Waals surface area contributed by atoms with Crippen LogP contribution < -0.4 is 10.4 Å². The van der Waals surface area contributed by atoms with Crippen molar-refractivity contribution in [2.75, 3.05) is 13.2 Å². The Labute approximate surface area is 170 Å². The fraction of sp³-hybridized carbons (Fsp3) is 0.333. The van der Waals surface area contributed by atoms with Gasteiger partial charge in [0, 0.05) is 17.5 Å². The smallest absolute Gasteiger partial charge is 0.344 e. The largest absolute Gasteiger partial charge is 0.481 e. The molecule has 0 aliphatic heterocycles. The molecule has 3 aromatic rings. The minimum absolute atomic E-state index is 0.172. The molecule has 0 aliphatic rings. The number of esters is 1. The molecule has 0 amide bonds. The summed E-state index contributed by atoms with van der Waals surface area (Å²) in [6.45, 7) is 4.34. The summed E-state index contributed by atoms with van der Waals surface area (Å²) in [7, 11) is 0. The van der Waals surface area contributed by atoms with Crippen LogP contribution in [0, 0.1) is 0 Å². The number of fused-ring (bicyclic) bond motifs is 1. The highest BCUT2D eigenvalue weighted by Crippen LogP contribution is 2.33. The Balaban J connectivity index is 1.96. The van der Waals surface area contributed by atoms with E-state index in [0.717, 1.165) is 47.8 Å². The second kappa shape index (κ2) is 9.92. The van der Waals surface area contributed by atoms with Gasteiger partial charge in [-0.15, -0.1) is 0 Å². The Kier molecular flexibility index (Phi) is 7.06. The minimum Gasteiger partial charge on any atom is -0.481 e. The van der Waals surface area contributed by atoms with E-state index in [0.29, 0.717) is 17.9 Å². The van der Waals surface area contributed by atoms with E-state index in [1.165, 1.54) is 6.07 Å². The van der Waals surface area contributed by atoms with Crippen molar-refractivity contribution in [2.45, 2.75) is 39.5 Å². The monoisotopic (exact) mass is 394 g/mol. The number of unbranched alkanes of at least 4 members (excludes halogenated alkanes) is 1. The molecule has 0 spiro atoms. The molecule has 0 N–H and O–H groups in total. The molecule has 0 saturated carbocycles. The van der Waals surface area contributed by atoms with Crippen molar-refractivity contribution in [1.82, 2.24) is 0 Å². The first-order valence-corrected chi connectivity index (χ1v) is 10.1. The standard InChI is InChI=1S/C24H26O5/c1-3-5-12-27-24(26)16-28-21-15-22-20(13-18(21)9-4-2)19(14-23(25)29-22)17-10-7-6-8-11-17/h6-8,10-11,13-15H,3-5,9,12,16H2,1-2H3. The molecule has 5 heteroatoms. The molecule has 0 atom stereocenters. The molecule has 5 nitrogen and oxygen atoms in total. The third-order valence-corrected chi connectivity index (χ3v) is 4.64. The first-order chi connectivity index (χ1) is 14.1. The van der Waals surface area contributed by atoms with Crippen LogP contribution in [0.15, 0.2) is 57.7 Å². The molecule has 3 rings (SSSR count). The number of hydrogen-bond donors (Lipinski definition) is 0. The minimum atomic E-state index is -0.426. The summed E-state index contributed by atoms with van der Waals surface area (Å²) in [5.41, 5.74) is 2.74. The van der Waals surface area contributed by atoms with Crippen LogP contribution in [0.5, 0.6) is 5.75 Å². The maximum absolute atomic E-state index is 12.1. The topological polar surface area (TPSA) is 65.7 Å². The Morgan fingerprint density at radius 1 is 1.03 bits per heavy atom. The van der Waals surface area contributed by atoms with E-state index in [-0.39, 0.29) is 6.61 Å². The lowest BCUT2D eigenvalue weighted by atomic mass is 9.98. The van der Waals surface area contributed by atoms with Gasteiger partial charge in [0.2, 0.25) is 0 Å². The summed E-state index contributed by atoms with van der Waals surface area (Å²) >= 11 is 0. The maximum atomic E-state index is 12.1. The van der Waals surface area contributed by atoms with Crippen LogP contribution in [0.2, 0.25) is 0 Å². The zero-order chi connectivity index (χ0) is 20.6. The predicted molar refractivity (Wildman–Crippen MR) is 113 cm³/mol. The Hall–Kier alpha value is -3.08. The third kappa shape index (κ3) is 5.25. The van der Waals surface area contributed by atoms with Crippen LogP contribution in [-0.4, -0.2) is 19.2 Å². The van der Waals surface area contributed by atoms with Gasteiger partial charge in [-0.1, -0.05) is 57.0 Å². The average molecular weight is 394 g/mol. The van der Waals surface area contributed by atoms with Gasteiger partial charge in [0.15, 0.2) is 6.61 Å². The Bertz CT molecular complexity index is 1020. The molecule has 152 valence electrons. The van der Waals surface area contributed by atoms with Crippen LogP contribution in [0.4, 0.5) is 0 Å². The molecular formula is C24H26O5. The van der Waals surface area contributed by atoms with Crippen molar-refractivity contribution in [3.05, 3.63) is 64.5 Å². The molecule has 0 bridgehead atoms. The molecule has 29 heavy (non-hydrogen) atoms. The molecule has 0 saturated heterocycles. The summed E-state index contributed by atoms with van der Waals surface area (Å²) in [5.74, 6) is 0.139. The molecule has 0 radical (unpaired) electrons. The Morgan fingerprint density at radius 2 is 1.83 bits per heavy atom. The Morgan fingerprint density at radius 3 is 2.55 bits per heavy atom. The summed E-state index contributed by atoms with van der Waals surface area (Å²) in [6.07, 6.45) is 3.49. The van der Waals surface area contributed by atoms with Gasteiger partial charge in [-0.3, -0.25) is 0 Å². The number of hydrogen-bond acceptors (Lipinski definition) is 5. The number of rotatable bonds is 9. The van der Waals surface area contributed by atoms with Crippen molar-refractivity contribution in [1.29, 1.82) is 0 Å². The van der Waals surface area contributed by atoms with E-state index in [9.17, 15) is 9.59 Å². The molecular weight excluding hydrogens is 368 g/mol. The normalized spacial score (nSPS) is 10.8. The van der Waals surface area contributed by atoms with Gasteiger partial charge in [0.1, 0.15) is 11.3 Å². The first kappa shape index (κ1) is 20.6. The van der Waals surface area contributed by atoms with E-state index >= 15 is 0 Å². The van der Waals surface area contributed by atoms with E-state index in [1.54, 1.807) is 6.07 Å². The van der Waals surface area contributed by atoms with Gasteiger partial charge in [-0.25, -0.2) is 9.59 Å². The maximum Gasteiger partial charge on any atom is 0.344 e. The lowest BCUT2D eigenvalue weighted by molar-refractivity contribution is -0.146. The van der Waals surface area contributed by atoms with Crippen molar-refractivity contribution < 1.29 is 18.7 Å². The second-order valence-corrected chi connectivity index (χ2v) is 6.91. The molecule has 1 heterocycles. The van der Waals surface area contributed by atoms with Gasteiger partial charge in [0.25, 0.3) is 0 Å². The quantitative estimate of drug-likeness (QED) is 0.286. The lowest BCUT2D eigenvalue weighted by Crippen LogP contribution is -2.16. The summed E-state index contributed by atoms with van der Waals surface area (Å²) in [6, 6.07) is 14.9. The van der Waals surface area contributed by atoms with Crippen LogP contribution in [0.1, 0.15) is 38.7 Å². The van der Waals surface area contributed by atoms with Gasteiger partial charge in [-0.2, -0.15) is 0 Å². The van der Waals surface area contributed by atoms with Crippen molar-refractivity contribution in [3.63, 3.8) is 0 Å². The van der Waals surface area contributed by atoms with E-state index < -0.39 is 11.6 Å². The van der Waals surface area contributed by atoms with Gasteiger partial charge in [-0.05, 0) is 35.6 Å². The van der Waals surface area contributed by atoms with Crippen molar-refractivity contribution >= 4 is 16.9 Å². The van der Waals surface area contributed by atoms with Gasteiger partial charge in [0.05, 0.1) is 6.61 Å². The zero-order valence-electron chi connectivity index (χ0n) is 16.9. The molecule has 2 aromatic carbocycles. The highest BCUT2D eigenvalue weighted by Gasteiger charge is 2.14. The highest BCUT2D eigenvalue weighted by molar-refractivity contribution is 5.94. The number of ether oxygens (including phenoxy) is 2. The van der Waals surface area contributed by atoms with Crippen molar-refractivity contribution in [3.8, 4) is 16.9 Å². The van der Waals surface area contributed by atoms with E-state index in [1.807, 2.05) is 43.3 Å². The first-order valence-electron chi connectivity index (χ1n) is 10.1. The number of carbonyl (C=O) groups is 1. The predicted octanol–water partition coefficient (Wildman–Crippen LogP) is 5.13. The van der Waals surface area contributed by atoms with Crippen molar-refractivity contribution in [2.24, 2.45) is 0 Å². The molecule has 0 aliphatic carbocycles. The summed E-state index contributed by atoms with van der Waals surface area (Å²) in [4.78, 5) is 24.0. The number of carbonyl (C=O) groups excluding carboxylic acids is 1. The van der Waals surface area contributed by atoms with E-state index in [2.05, 4.69) is 6.92 Å². The van der Waals surface area contributed by atoms with Crippen LogP contribution >= 0.6 is 0 Å².